The Morgan fingerprint density at radius 2 is 1.95 bits per heavy atom. The summed E-state index contributed by atoms with van der Waals surface area (Å²) in [6.45, 7) is 6.39. The summed E-state index contributed by atoms with van der Waals surface area (Å²) in [5.74, 6) is 0.657. The van der Waals surface area contributed by atoms with Crippen LogP contribution >= 0.6 is 0 Å². The standard InChI is InChI=1S/C15H29N5O2/c1-2-12(16-4-1)15-18-14(19-22-15)11-3-5-17-13(10-11)20-6-8-21-9-7-20/h11-19H,1-10H2/p+2/t11?,12-,13?,14?,15?/m1/s1. The highest BCUT2D eigenvalue weighted by atomic mass is 16.7. The molecule has 4 fully saturated rings. The average Bonchev–Trinajstić information content (AvgIpc) is 3.27. The van der Waals surface area contributed by atoms with Crippen LogP contribution in [0.1, 0.15) is 25.7 Å². The molecule has 126 valence electrons. The van der Waals surface area contributed by atoms with Gasteiger partial charge in [-0.05, 0) is 0 Å². The molecule has 0 aliphatic carbocycles. The largest absolute Gasteiger partial charge is 0.379 e. The number of nitrogens with one attached hydrogen (secondary N) is 2. The van der Waals surface area contributed by atoms with Crippen molar-refractivity contribution in [3.05, 3.63) is 0 Å². The second-order valence-electron chi connectivity index (χ2n) is 7.16. The topological polar surface area (TPSA) is 79.0 Å². The van der Waals surface area contributed by atoms with Crippen molar-refractivity contribution in [3.8, 4) is 0 Å². The molecule has 4 aliphatic heterocycles. The molecule has 4 aliphatic rings. The molecule has 4 rings (SSSR count). The van der Waals surface area contributed by atoms with Gasteiger partial charge in [-0.1, -0.05) is 0 Å². The number of rotatable bonds is 3. The van der Waals surface area contributed by atoms with Crippen LogP contribution < -0.4 is 21.4 Å². The van der Waals surface area contributed by atoms with Gasteiger partial charge in [0.05, 0.1) is 32.5 Å². The Labute approximate surface area is 132 Å². The van der Waals surface area contributed by atoms with Crippen molar-refractivity contribution in [3.63, 3.8) is 0 Å². The molecule has 0 aromatic heterocycles. The van der Waals surface area contributed by atoms with Gasteiger partial charge in [0, 0.05) is 44.7 Å². The maximum atomic E-state index is 5.85. The zero-order valence-electron chi connectivity index (χ0n) is 13.4. The van der Waals surface area contributed by atoms with Crippen LogP contribution in [0, 0.1) is 5.92 Å². The lowest BCUT2D eigenvalue weighted by Gasteiger charge is -2.38. The first-order valence-corrected chi connectivity index (χ1v) is 9.06. The van der Waals surface area contributed by atoms with E-state index in [2.05, 4.69) is 26.3 Å². The fourth-order valence-corrected chi connectivity index (χ4v) is 4.45. The lowest BCUT2D eigenvalue weighted by Crippen LogP contribution is -2.96. The molecule has 0 spiro atoms. The van der Waals surface area contributed by atoms with Crippen LogP contribution in [0.5, 0.6) is 0 Å². The highest BCUT2D eigenvalue weighted by Gasteiger charge is 2.41. The molecule has 5 atom stereocenters. The van der Waals surface area contributed by atoms with Crippen molar-refractivity contribution < 1.29 is 20.2 Å². The highest BCUT2D eigenvalue weighted by molar-refractivity contribution is 4.84. The fraction of sp³-hybridized carbons (Fsp3) is 1.00. The van der Waals surface area contributed by atoms with Crippen LogP contribution in [0.25, 0.3) is 0 Å². The quantitative estimate of drug-likeness (QED) is 0.450. The van der Waals surface area contributed by atoms with Gasteiger partial charge >= 0.3 is 0 Å². The zero-order chi connectivity index (χ0) is 14.8. The van der Waals surface area contributed by atoms with Gasteiger partial charge in [0.25, 0.3) is 0 Å². The predicted octanol–water partition coefficient (Wildman–Crippen LogP) is -2.88. The van der Waals surface area contributed by atoms with Crippen molar-refractivity contribution in [2.45, 2.75) is 50.3 Å². The molecule has 4 heterocycles. The number of hydrogen-bond acceptors (Lipinski definition) is 5. The second-order valence-corrected chi connectivity index (χ2v) is 7.16. The first-order valence-electron chi connectivity index (χ1n) is 9.06. The third-order valence-corrected chi connectivity index (χ3v) is 5.77. The highest BCUT2D eigenvalue weighted by Crippen LogP contribution is 2.22. The van der Waals surface area contributed by atoms with E-state index < -0.39 is 0 Å². The van der Waals surface area contributed by atoms with Crippen LogP contribution in [0.2, 0.25) is 0 Å². The molecular formula is C15H31N5O2+2. The summed E-state index contributed by atoms with van der Waals surface area (Å²) < 4.78 is 5.48. The van der Waals surface area contributed by atoms with Crippen molar-refractivity contribution in [2.24, 2.45) is 5.92 Å². The van der Waals surface area contributed by atoms with E-state index in [4.69, 9.17) is 9.57 Å². The summed E-state index contributed by atoms with van der Waals surface area (Å²) in [6.07, 6.45) is 6.18. The molecule has 7 nitrogen and oxygen atoms in total. The van der Waals surface area contributed by atoms with Gasteiger partial charge in [-0.2, -0.15) is 5.48 Å². The summed E-state index contributed by atoms with van der Waals surface area (Å²) in [4.78, 5) is 8.44. The van der Waals surface area contributed by atoms with Crippen LogP contribution in [0.4, 0.5) is 0 Å². The van der Waals surface area contributed by atoms with Crippen LogP contribution in [0.15, 0.2) is 0 Å². The zero-order valence-corrected chi connectivity index (χ0v) is 13.4. The Morgan fingerprint density at radius 1 is 1.05 bits per heavy atom. The van der Waals surface area contributed by atoms with E-state index in [1.165, 1.54) is 38.8 Å². The average molecular weight is 313 g/mol. The number of hydroxylamine groups is 1. The minimum atomic E-state index is 0.181. The number of morpholine rings is 1. The van der Waals surface area contributed by atoms with Crippen molar-refractivity contribution in [2.75, 3.05) is 39.4 Å². The van der Waals surface area contributed by atoms with Gasteiger partial charge in [0.2, 0.25) is 0 Å². The predicted molar refractivity (Wildman–Crippen MR) is 80.4 cm³/mol. The molecule has 0 bridgehead atoms. The number of nitrogens with zero attached hydrogens (tertiary/aromatic N) is 1. The minimum Gasteiger partial charge on any atom is -0.379 e. The normalized spacial score (nSPS) is 44.5. The van der Waals surface area contributed by atoms with Crippen molar-refractivity contribution in [1.29, 1.82) is 0 Å². The van der Waals surface area contributed by atoms with Gasteiger partial charge in [0.15, 0.2) is 6.23 Å². The van der Waals surface area contributed by atoms with Crippen LogP contribution in [-0.2, 0) is 9.57 Å². The van der Waals surface area contributed by atoms with E-state index in [1.807, 2.05) is 0 Å². The van der Waals surface area contributed by atoms with E-state index in [1.54, 1.807) is 0 Å². The van der Waals surface area contributed by atoms with E-state index in [-0.39, 0.29) is 6.23 Å². The third kappa shape index (κ3) is 3.31. The molecule has 0 aromatic carbocycles. The van der Waals surface area contributed by atoms with Gasteiger partial charge < -0.3 is 15.4 Å². The number of ether oxygens (including phenoxy) is 1. The monoisotopic (exact) mass is 313 g/mol. The lowest BCUT2D eigenvalue weighted by molar-refractivity contribution is -0.720. The number of nitrogens with two attached hydrogens (primary N) is 2. The van der Waals surface area contributed by atoms with Gasteiger partial charge in [-0.15, -0.1) is 0 Å². The minimum absolute atomic E-state index is 0.181. The Morgan fingerprint density at radius 3 is 2.77 bits per heavy atom. The molecule has 7 heteroatoms. The first kappa shape index (κ1) is 15.3. The van der Waals surface area contributed by atoms with E-state index in [9.17, 15) is 0 Å². The maximum absolute atomic E-state index is 5.85. The smallest absolute Gasteiger partial charge is 0.183 e. The van der Waals surface area contributed by atoms with E-state index in [0.29, 0.717) is 24.3 Å². The van der Waals surface area contributed by atoms with Crippen molar-refractivity contribution >= 4 is 0 Å². The van der Waals surface area contributed by atoms with Gasteiger partial charge in [-0.3, -0.25) is 10.2 Å². The number of piperidine rings is 1. The third-order valence-electron chi connectivity index (χ3n) is 5.77. The van der Waals surface area contributed by atoms with E-state index in [0.717, 1.165) is 26.3 Å². The fourth-order valence-electron chi connectivity index (χ4n) is 4.45. The molecule has 6 N–H and O–H groups in total. The SMILES string of the molecule is C1C[NH2+][C@@H](C2NC(C3CC[NH2+]C(N4CCOCC4)C3)NO2)C1. The van der Waals surface area contributed by atoms with Gasteiger partial charge in [0.1, 0.15) is 12.2 Å². The van der Waals surface area contributed by atoms with Crippen LogP contribution in [-0.4, -0.2) is 68.9 Å². The first-order chi connectivity index (χ1) is 10.9. The van der Waals surface area contributed by atoms with E-state index >= 15 is 0 Å². The summed E-state index contributed by atoms with van der Waals surface area (Å²) in [5, 5.41) is 8.64. The summed E-state index contributed by atoms with van der Waals surface area (Å²) in [7, 11) is 0. The molecule has 0 radical (unpaired) electrons. The molecule has 22 heavy (non-hydrogen) atoms. The molecule has 0 aromatic rings. The summed E-state index contributed by atoms with van der Waals surface area (Å²) in [5.41, 5.74) is 3.29. The maximum Gasteiger partial charge on any atom is 0.183 e. The molecule has 4 saturated heterocycles. The number of hydrogen-bond donors (Lipinski definition) is 4. The molecule has 0 saturated carbocycles. The lowest BCUT2D eigenvalue weighted by atomic mass is 9.92. The Balaban J connectivity index is 1.30. The summed E-state index contributed by atoms with van der Waals surface area (Å²) in [6, 6.07) is 0.586. The van der Waals surface area contributed by atoms with Crippen LogP contribution in [0.3, 0.4) is 0 Å². The second kappa shape index (κ2) is 7.09. The molecular weight excluding hydrogens is 282 g/mol. The summed E-state index contributed by atoms with van der Waals surface area (Å²) >= 11 is 0. The van der Waals surface area contributed by atoms with Crippen molar-refractivity contribution in [1.82, 2.24) is 15.7 Å². The molecule has 4 unspecified atom stereocenters. The number of quaternary nitrogens is 2. The Bertz CT molecular complexity index is 360. The van der Waals surface area contributed by atoms with Gasteiger partial charge in [-0.25, -0.2) is 4.90 Å². The Kier molecular flexibility index (Phi) is 4.92. The molecule has 0 amide bonds. The Hall–Kier alpha value is -0.280.